The number of fused-ring (bicyclic) bond motifs is 1. The summed E-state index contributed by atoms with van der Waals surface area (Å²) in [6, 6.07) is 11.5. The van der Waals surface area contributed by atoms with Gasteiger partial charge in [-0.05, 0) is 31.4 Å². The molecule has 0 amide bonds. The summed E-state index contributed by atoms with van der Waals surface area (Å²) in [6.07, 6.45) is 9.27. The first-order valence-electron chi connectivity index (χ1n) is 10.4. The standard InChI is InChI=1S/C22H24N8O/c1-31-21-7-5-6-17(25-21)26-22-27-18(15-20(28-22)29-10-3-2-4-11-29)24-16-8-12-30-13-9-23-19(30)14-16/h5-9,12-15H,2-4,10-11H2,1H3,(H2,24,25,26,27,28). The van der Waals surface area contributed by atoms with Crippen molar-refractivity contribution in [2.75, 3.05) is 35.7 Å². The Kier molecular flexibility index (Phi) is 5.22. The van der Waals surface area contributed by atoms with Crippen molar-refractivity contribution in [1.29, 1.82) is 0 Å². The molecule has 0 unspecified atom stereocenters. The van der Waals surface area contributed by atoms with Crippen LogP contribution in [0.25, 0.3) is 5.65 Å². The van der Waals surface area contributed by atoms with Gasteiger partial charge in [-0.15, -0.1) is 0 Å². The maximum absolute atomic E-state index is 5.22. The smallest absolute Gasteiger partial charge is 0.232 e. The Balaban J connectivity index is 1.47. The molecular weight excluding hydrogens is 392 g/mol. The minimum atomic E-state index is 0.480. The third-order valence-corrected chi connectivity index (χ3v) is 5.24. The summed E-state index contributed by atoms with van der Waals surface area (Å²) in [6.45, 7) is 1.99. The van der Waals surface area contributed by atoms with E-state index in [4.69, 9.17) is 9.72 Å². The number of hydrogen-bond donors (Lipinski definition) is 2. The van der Waals surface area contributed by atoms with Crippen molar-refractivity contribution < 1.29 is 4.74 Å². The van der Waals surface area contributed by atoms with Crippen LogP contribution in [0.2, 0.25) is 0 Å². The van der Waals surface area contributed by atoms with Crippen LogP contribution in [0.15, 0.2) is 55.0 Å². The van der Waals surface area contributed by atoms with E-state index in [0.717, 1.165) is 30.2 Å². The van der Waals surface area contributed by atoms with Crippen molar-refractivity contribution in [2.45, 2.75) is 19.3 Å². The van der Waals surface area contributed by atoms with Gasteiger partial charge in [-0.2, -0.15) is 15.0 Å². The summed E-state index contributed by atoms with van der Waals surface area (Å²) in [7, 11) is 1.60. The lowest BCUT2D eigenvalue weighted by Gasteiger charge is -2.28. The van der Waals surface area contributed by atoms with Gasteiger partial charge in [-0.25, -0.2) is 4.98 Å². The second-order valence-electron chi connectivity index (χ2n) is 7.41. The van der Waals surface area contributed by atoms with Gasteiger partial charge in [0.05, 0.1) is 7.11 Å². The summed E-state index contributed by atoms with van der Waals surface area (Å²) in [4.78, 5) is 20.5. The number of imidazole rings is 1. The molecule has 0 radical (unpaired) electrons. The zero-order chi connectivity index (χ0) is 21.0. The molecule has 9 heteroatoms. The summed E-state index contributed by atoms with van der Waals surface area (Å²) in [5.74, 6) is 3.23. The van der Waals surface area contributed by atoms with Gasteiger partial charge >= 0.3 is 0 Å². The first-order valence-corrected chi connectivity index (χ1v) is 10.4. The number of piperidine rings is 1. The first-order chi connectivity index (χ1) is 15.3. The molecule has 2 N–H and O–H groups in total. The van der Waals surface area contributed by atoms with Crippen LogP contribution < -0.4 is 20.3 Å². The number of nitrogens with one attached hydrogen (secondary N) is 2. The van der Waals surface area contributed by atoms with Gasteiger partial charge < -0.3 is 24.7 Å². The lowest BCUT2D eigenvalue weighted by atomic mass is 10.1. The van der Waals surface area contributed by atoms with Crippen LogP contribution in [0.3, 0.4) is 0 Å². The van der Waals surface area contributed by atoms with E-state index >= 15 is 0 Å². The van der Waals surface area contributed by atoms with Crippen molar-refractivity contribution in [3.8, 4) is 5.88 Å². The molecule has 0 atom stereocenters. The fourth-order valence-corrected chi connectivity index (χ4v) is 3.69. The molecule has 1 fully saturated rings. The molecule has 9 nitrogen and oxygen atoms in total. The molecule has 0 aliphatic carbocycles. The van der Waals surface area contributed by atoms with Gasteiger partial charge in [-0.1, -0.05) is 6.07 Å². The number of hydrogen-bond acceptors (Lipinski definition) is 8. The van der Waals surface area contributed by atoms with E-state index in [9.17, 15) is 0 Å². The van der Waals surface area contributed by atoms with Gasteiger partial charge in [0, 0.05) is 55.6 Å². The second-order valence-corrected chi connectivity index (χ2v) is 7.41. The fraction of sp³-hybridized carbons (Fsp3) is 0.273. The molecule has 0 saturated carbocycles. The predicted octanol–water partition coefficient (Wildman–Crippen LogP) is 4.01. The van der Waals surface area contributed by atoms with E-state index in [1.807, 2.05) is 47.1 Å². The third-order valence-electron chi connectivity index (χ3n) is 5.24. The number of aromatic nitrogens is 5. The maximum atomic E-state index is 5.22. The van der Waals surface area contributed by atoms with Crippen molar-refractivity contribution in [1.82, 2.24) is 24.3 Å². The molecule has 1 saturated heterocycles. The monoisotopic (exact) mass is 416 g/mol. The highest BCUT2D eigenvalue weighted by Gasteiger charge is 2.15. The molecule has 0 bridgehead atoms. The van der Waals surface area contributed by atoms with Gasteiger partial charge in [-0.3, -0.25) is 0 Å². The van der Waals surface area contributed by atoms with Gasteiger partial charge in [0.2, 0.25) is 11.8 Å². The molecule has 4 aromatic rings. The van der Waals surface area contributed by atoms with Gasteiger partial charge in [0.15, 0.2) is 0 Å². The van der Waals surface area contributed by atoms with E-state index in [1.54, 1.807) is 19.4 Å². The fourth-order valence-electron chi connectivity index (χ4n) is 3.69. The Bertz CT molecular complexity index is 1190. The van der Waals surface area contributed by atoms with Crippen LogP contribution >= 0.6 is 0 Å². The minimum absolute atomic E-state index is 0.480. The highest BCUT2D eigenvalue weighted by atomic mass is 16.5. The number of nitrogens with zero attached hydrogens (tertiary/aromatic N) is 6. The summed E-state index contributed by atoms with van der Waals surface area (Å²) in [5.41, 5.74) is 1.78. The summed E-state index contributed by atoms with van der Waals surface area (Å²) < 4.78 is 7.19. The molecule has 158 valence electrons. The van der Waals surface area contributed by atoms with Crippen LogP contribution in [0.1, 0.15) is 19.3 Å². The number of methoxy groups -OCH3 is 1. The lowest BCUT2D eigenvalue weighted by Crippen LogP contribution is -2.30. The average molecular weight is 416 g/mol. The predicted molar refractivity (Wildman–Crippen MR) is 121 cm³/mol. The normalized spacial score (nSPS) is 13.9. The van der Waals surface area contributed by atoms with Crippen LogP contribution in [-0.2, 0) is 0 Å². The molecule has 1 aliphatic heterocycles. The largest absolute Gasteiger partial charge is 0.481 e. The highest BCUT2D eigenvalue weighted by molar-refractivity contribution is 5.65. The summed E-state index contributed by atoms with van der Waals surface area (Å²) >= 11 is 0. The van der Waals surface area contributed by atoms with Gasteiger partial charge in [0.1, 0.15) is 23.1 Å². The van der Waals surface area contributed by atoms with Crippen LogP contribution in [-0.4, -0.2) is 44.5 Å². The van der Waals surface area contributed by atoms with Crippen LogP contribution in [0.5, 0.6) is 5.88 Å². The first kappa shape index (κ1) is 19.1. The van der Waals surface area contributed by atoms with E-state index < -0.39 is 0 Å². The van der Waals surface area contributed by atoms with Crippen molar-refractivity contribution in [3.63, 3.8) is 0 Å². The molecule has 0 aromatic carbocycles. The topological polar surface area (TPSA) is 92.5 Å². The zero-order valence-electron chi connectivity index (χ0n) is 17.3. The molecule has 5 heterocycles. The van der Waals surface area contributed by atoms with E-state index in [1.165, 1.54) is 19.3 Å². The Hall–Kier alpha value is -3.88. The Morgan fingerprint density at radius 2 is 1.81 bits per heavy atom. The second kappa shape index (κ2) is 8.47. The van der Waals surface area contributed by atoms with E-state index in [2.05, 4.69) is 30.5 Å². The van der Waals surface area contributed by atoms with Gasteiger partial charge in [0.25, 0.3) is 0 Å². The molecule has 1 aliphatic rings. The van der Waals surface area contributed by atoms with E-state index in [-0.39, 0.29) is 0 Å². The number of anilines is 5. The van der Waals surface area contributed by atoms with Crippen molar-refractivity contribution >= 4 is 34.7 Å². The highest BCUT2D eigenvalue weighted by Crippen LogP contribution is 2.26. The number of pyridine rings is 2. The van der Waals surface area contributed by atoms with Crippen LogP contribution in [0.4, 0.5) is 29.1 Å². The molecule has 5 rings (SSSR count). The minimum Gasteiger partial charge on any atom is -0.481 e. The van der Waals surface area contributed by atoms with Crippen LogP contribution in [0, 0.1) is 0 Å². The lowest BCUT2D eigenvalue weighted by molar-refractivity contribution is 0.398. The van der Waals surface area contributed by atoms with Crippen molar-refractivity contribution in [3.05, 3.63) is 55.0 Å². The molecule has 4 aromatic heterocycles. The molecule has 31 heavy (non-hydrogen) atoms. The number of ether oxygens (including phenoxy) is 1. The third kappa shape index (κ3) is 4.35. The maximum Gasteiger partial charge on any atom is 0.232 e. The number of rotatable bonds is 6. The Morgan fingerprint density at radius 3 is 2.68 bits per heavy atom. The quantitative estimate of drug-likeness (QED) is 0.487. The summed E-state index contributed by atoms with van der Waals surface area (Å²) in [5, 5.41) is 6.61. The van der Waals surface area contributed by atoms with Crippen molar-refractivity contribution in [2.24, 2.45) is 0 Å². The Labute approximate surface area is 180 Å². The Morgan fingerprint density at radius 1 is 0.903 bits per heavy atom. The molecular formula is C22H24N8O. The zero-order valence-corrected chi connectivity index (χ0v) is 17.3. The van der Waals surface area contributed by atoms with E-state index in [0.29, 0.717) is 23.5 Å². The average Bonchev–Trinajstić information content (AvgIpc) is 3.27. The molecule has 0 spiro atoms. The SMILES string of the molecule is COc1cccc(Nc2nc(Nc3ccn4ccnc4c3)cc(N3CCCCC3)n2)n1.